The molecule has 0 fully saturated rings. The molecule has 0 spiro atoms. The van der Waals surface area contributed by atoms with Gasteiger partial charge in [-0.15, -0.1) is 0 Å². The molecule has 0 radical (unpaired) electrons. The van der Waals surface area contributed by atoms with Gasteiger partial charge >= 0.3 is 0 Å². The number of aromatic nitrogens is 3. The smallest absolute Gasteiger partial charge is 0.258 e. The summed E-state index contributed by atoms with van der Waals surface area (Å²) in [6.07, 6.45) is 0. The largest absolute Gasteiger partial charge is 0.482 e. The van der Waals surface area contributed by atoms with Crippen molar-refractivity contribution in [3.63, 3.8) is 0 Å². The lowest BCUT2D eigenvalue weighted by atomic mass is 10.2. The maximum atomic E-state index is 12.2. The summed E-state index contributed by atoms with van der Waals surface area (Å²) in [5.41, 5.74) is 1.58. The van der Waals surface area contributed by atoms with Crippen LogP contribution in [0.2, 0.25) is 15.1 Å². The second-order valence-electron chi connectivity index (χ2n) is 5.98. The van der Waals surface area contributed by atoms with E-state index in [2.05, 4.69) is 15.0 Å². The third-order valence-electron chi connectivity index (χ3n) is 4.05. The fourth-order valence-corrected chi connectivity index (χ4v) is 3.53. The standard InChI is InChI=1S/C19H12Cl3N3O2/c1-9-2-4-11-13(21)7-14(22)18(17(11)23-9)27-8-16-24-15-6-10(20)3-5-12(15)19(26)25-16/h2-7H,8H2,1H3,(H,24,25,26). The number of H-pyrrole nitrogens is 1. The Morgan fingerprint density at radius 3 is 2.59 bits per heavy atom. The SMILES string of the molecule is Cc1ccc2c(Cl)cc(Cl)c(OCc3nc4cc(Cl)ccc4c(=O)[nH]3)c2n1. The topological polar surface area (TPSA) is 67.9 Å². The molecule has 27 heavy (non-hydrogen) atoms. The fourth-order valence-electron chi connectivity index (χ4n) is 2.80. The van der Waals surface area contributed by atoms with Gasteiger partial charge in [0, 0.05) is 16.1 Å². The number of hydrogen-bond acceptors (Lipinski definition) is 4. The highest BCUT2D eigenvalue weighted by Gasteiger charge is 2.14. The zero-order valence-corrected chi connectivity index (χ0v) is 16.3. The van der Waals surface area contributed by atoms with Crippen LogP contribution in [-0.4, -0.2) is 15.0 Å². The van der Waals surface area contributed by atoms with Crippen LogP contribution >= 0.6 is 34.8 Å². The van der Waals surface area contributed by atoms with E-state index in [0.29, 0.717) is 43.1 Å². The third kappa shape index (κ3) is 3.46. The lowest BCUT2D eigenvalue weighted by Gasteiger charge is -2.12. The summed E-state index contributed by atoms with van der Waals surface area (Å²) in [7, 11) is 0. The molecule has 2 heterocycles. The predicted octanol–water partition coefficient (Wildman–Crippen LogP) is 5.32. The first-order valence-corrected chi connectivity index (χ1v) is 9.12. The molecule has 5 nitrogen and oxygen atoms in total. The number of aryl methyl sites for hydroxylation is 1. The normalized spacial score (nSPS) is 11.3. The van der Waals surface area contributed by atoms with Crippen LogP contribution in [0, 0.1) is 6.92 Å². The Kier molecular flexibility index (Phi) is 4.68. The summed E-state index contributed by atoms with van der Waals surface area (Å²) in [5.74, 6) is 0.732. The van der Waals surface area contributed by atoms with E-state index < -0.39 is 0 Å². The summed E-state index contributed by atoms with van der Waals surface area (Å²) in [4.78, 5) is 23.8. The van der Waals surface area contributed by atoms with Crippen LogP contribution in [0.3, 0.4) is 0 Å². The Labute approximate surface area is 168 Å². The first-order valence-electron chi connectivity index (χ1n) is 7.99. The molecule has 4 aromatic rings. The number of nitrogens with zero attached hydrogens (tertiary/aromatic N) is 2. The lowest BCUT2D eigenvalue weighted by Crippen LogP contribution is -2.13. The summed E-state index contributed by atoms with van der Waals surface area (Å²) in [6.45, 7) is 1.87. The maximum Gasteiger partial charge on any atom is 0.258 e. The van der Waals surface area contributed by atoms with E-state index in [9.17, 15) is 4.79 Å². The molecule has 2 aromatic heterocycles. The number of aromatic amines is 1. The van der Waals surface area contributed by atoms with Crippen LogP contribution < -0.4 is 10.3 Å². The van der Waals surface area contributed by atoms with E-state index in [-0.39, 0.29) is 12.2 Å². The average Bonchev–Trinajstić information content (AvgIpc) is 2.60. The highest BCUT2D eigenvalue weighted by molar-refractivity contribution is 6.39. The highest BCUT2D eigenvalue weighted by Crippen LogP contribution is 2.37. The van der Waals surface area contributed by atoms with E-state index in [0.717, 1.165) is 11.1 Å². The average molecular weight is 421 g/mol. The number of benzene rings is 2. The van der Waals surface area contributed by atoms with Gasteiger partial charge in [0.15, 0.2) is 5.75 Å². The minimum absolute atomic E-state index is 0.00374. The number of rotatable bonds is 3. The van der Waals surface area contributed by atoms with E-state index >= 15 is 0 Å². The molecule has 0 aliphatic rings. The van der Waals surface area contributed by atoms with Crippen molar-refractivity contribution < 1.29 is 4.74 Å². The van der Waals surface area contributed by atoms with Crippen LogP contribution in [0.5, 0.6) is 5.75 Å². The Hall–Kier alpha value is -2.34. The second-order valence-corrected chi connectivity index (χ2v) is 7.23. The molecule has 0 saturated carbocycles. The van der Waals surface area contributed by atoms with E-state index in [1.54, 1.807) is 24.3 Å². The number of nitrogens with one attached hydrogen (secondary N) is 1. The molecule has 2 aromatic carbocycles. The van der Waals surface area contributed by atoms with Crippen LogP contribution in [0.25, 0.3) is 21.8 Å². The zero-order chi connectivity index (χ0) is 19.1. The summed E-state index contributed by atoms with van der Waals surface area (Å²) in [6, 6.07) is 10.2. The lowest BCUT2D eigenvalue weighted by molar-refractivity contribution is 0.299. The summed E-state index contributed by atoms with van der Waals surface area (Å²) < 4.78 is 5.86. The molecular weight excluding hydrogens is 409 g/mol. The van der Waals surface area contributed by atoms with Crippen LogP contribution in [0.4, 0.5) is 0 Å². The van der Waals surface area contributed by atoms with Crippen molar-refractivity contribution in [2.75, 3.05) is 0 Å². The van der Waals surface area contributed by atoms with Gasteiger partial charge in [0.25, 0.3) is 5.56 Å². The zero-order valence-electron chi connectivity index (χ0n) is 14.0. The van der Waals surface area contributed by atoms with E-state index in [1.165, 1.54) is 0 Å². The van der Waals surface area contributed by atoms with Gasteiger partial charge in [-0.2, -0.15) is 0 Å². The number of halogens is 3. The maximum absolute atomic E-state index is 12.2. The molecule has 1 N–H and O–H groups in total. The van der Waals surface area contributed by atoms with Crippen molar-refractivity contribution in [1.82, 2.24) is 15.0 Å². The Morgan fingerprint density at radius 1 is 1.00 bits per heavy atom. The molecule has 8 heteroatoms. The molecule has 0 bridgehead atoms. The fraction of sp³-hybridized carbons (Fsp3) is 0.105. The molecular formula is C19H12Cl3N3O2. The predicted molar refractivity (Wildman–Crippen MR) is 108 cm³/mol. The van der Waals surface area contributed by atoms with Gasteiger partial charge in [-0.05, 0) is 43.3 Å². The molecule has 0 atom stereocenters. The number of hydrogen-bond donors (Lipinski definition) is 1. The van der Waals surface area contributed by atoms with Gasteiger partial charge in [-0.3, -0.25) is 4.79 Å². The van der Waals surface area contributed by atoms with Gasteiger partial charge in [-0.1, -0.05) is 34.8 Å². The van der Waals surface area contributed by atoms with E-state index in [4.69, 9.17) is 39.5 Å². The van der Waals surface area contributed by atoms with Crippen molar-refractivity contribution >= 4 is 56.6 Å². The van der Waals surface area contributed by atoms with E-state index in [1.807, 2.05) is 19.1 Å². The molecule has 0 aliphatic heterocycles. The molecule has 0 unspecified atom stereocenters. The Bertz CT molecular complexity index is 1250. The van der Waals surface area contributed by atoms with Crippen molar-refractivity contribution in [3.8, 4) is 5.75 Å². The van der Waals surface area contributed by atoms with Crippen LogP contribution in [-0.2, 0) is 6.61 Å². The molecule has 136 valence electrons. The van der Waals surface area contributed by atoms with Crippen LogP contribution in [0.1, 0.15) is 11.5 Å². The van der Waals surface area contributed by atoms with Gasteiger partial charge in [0.1, 0.15) is 17.9 Å². The minimum Gasteiger partial charge on any atom is -0.482 e. The molecule has 0 amide bonds. The monoisotopic (exact) mass is 419 g/mol. The number of ether oxygens (including phenoxy) is 1. The van der Waals surface area contributed by atoms with Crippen molar-refractivity contribution in [2.45, 2.75) is 13.5 Å². The number of fused-ring (bicyclic) bond motifs is 2. The first kappa shape index (κ1) is 18.0. The molecule has 0 aliphatic carbocycles. The van der Waals surface area contributed by atoms with Crippen molar-refractivity contribution in [1.29, 1.82) is 0 Å². The van der Waals surface area contributed by atoms with Crippen molar-refractivity contribution in [2.24, 2.45) is 0 Å². The van der Waals surface area contributed by atoms with Gasteiger partial charge in [0.2, 0.25) is 0 Å². The van der Waals surface area contributed by atoms with Gasteiger partial charge in [0.05, 0.1) is 20.9 Å². The number of pyridine rings is 1. The van der Waals surface area contributed by atoms with Gasteiger partial charge in [-0.25, -0.2) is 9.97 Å². The molecule has 4 rings (SSSR count). The highest BCUT2D eigenvalue weighted by atomic mass is 35.5. The van der Waals surface area contributed by atoms with Crippen molar-refractivity contribution in [3.05, 3.63) is 73.3 Å². The first-order chi connectivity index (χ1) is 12.9. The Balaban J connectivity index is 1.75. The summed E-state index contributed by atoms with van der Waals surface area (Å²) in [5, 5.41) is 2.50. The second kappa shape index (κ2) is 7.00. The molecule has 0 saturated heterocycles. The van der Waals surface area contributed by atoms with Gasteiger partial charge < -0.3 is 9.72 Å². The quantitative estimate of drug-likeness (QED) is 0.487. The Morgan fingerprint density at radius 2 is 1.78 bits per heavy atom. The van der Waals surface area contributed by atoms with Crippen LogP contribution in [0.15, 0.2) is 41.2 Å². The third-order valence-corrected chi connectivity index (χ3v) is 4.88. The minimum atomic E-state index is -0.267. The summed E-state index contributed by atoms with van der Waals surface area (Å²) >= 11 is 18.6.